The summed E-state index contributed by atoms with van der Waals surface area (Å²) in [6, 6.07) is 6.61. The van der Waals surface area contributed by atoms with Gasteiger partial charge in [-0.2, -0.15) is 5.10 Å². The maximum atomic E-state index is 6.00. The quantitative estimate of drug-likeness (QED) is 0.723. The fraction of sp³-hybridized carbons (Fsp3) is 0.357. The summed E-state index contributed by atoms with van der Waals surface area (Å²) < 4.78 is 1.18. The van der Waals surface area contributed by atoms with E-state index in [4.69, 9.17) is 5.73 Å². The zero-order chi connectivity index (χ0) is 13.0. The lowest BCUT2D eigenvalue weighted by atomic mass is 10.1. The summed E-state index contributed by atoms with van der Waals surface area (Å²) in [7, 11) is 0. The third-order valence-electron chi connectivity index (χ3n) is 4.11. The van der Waals surface area contributed by atoms with Gasteiger partial charge in [-0.3, -0.25) is 5.10 Å². The highest BCUT2D eigenvalue weighted by atomic mass is 79.9. The molecule has 0 amide bonds. The molecule has 4 rings (SSSR count). The summed E-state index contributed by atoms with van der Waals surface area (Å²) in [6.07, 6.45) is 2.00. The SMILES string of the molecule is NC1CCN(c2n[nH]c3c2Cc2c(Br)cccc2-3)C1. The lowest BCUT2D eigenvalue weighted by Crippen LogP contribution is -2.27. The Morgan fingerprint density at radius 3 is 3.05 bits per heavy atom. The van der Waals surface area contributed by atoms with Crippen molar-refractivity contribution < 1.29 is 0 Å². The van der Waals surface area contributed by atoms with Crippen LogP contribution in [0.4, 0.5) is 5.82 Å². The Morgan fingerprint density at radius 2 is 2.26 bits per heavy atom. The summed E-state index contributed by atoms with van der Waals surface area (Å²) in [4.78, 5) is 2.31. The van der Waals surface area contributed by atoms with E-state index in [1.54, 1.807) is 0 Å². The van der Waals surface area contributed by atoms with Crippen LogP contribution in [0.5, 0.6) is 0 Å². The number of H-pyrrole nitrogens is 1. The lowest BCUT2D eigenvalue weighted by Gasteiger charge is -2.15. The molecule has 1 aliphatic heterocycles. The third-order valence-corrected chi connectivity index (χ3v) is 4.85. The Balaban J connectivity index is 1.78. The van der Waals surface area contributed by atoms with Crippen molar-refractivity contribution >= 4 is 21.7 Å². The molecular formula is C14H15BrN4. The molecule has 1 fully saturated rings. The maximum Gasteiger partial charge on any atom is 0.154 e. The molecule has 1 aromatic carbocycles. The lowest BCUT2D eigenvalue weighted by molar-refractivity contribution is 0.751. The number of hydrogen-bond donors (Lipinski definition) is 2. The number of fused-ring (bicyclic) bond motifs is 3. The van der Waals surface area contributed by atoms with Gasteiger partial charge in [-0.1, -0.05) is 28.1 Å². The molecule has 0 radical (unpaired) electrons. The van der Waals surface area contributed by atoms with Crippen LogP contribution in [0.1, 0.15) is 17.5 Å². The van der Waals surface area contributed by atoms with Crippen molar-refractivity contribution in [2.45, 2.75) is 18.9 Å². The van der Waals surface area contributed by atoms with Crippen molar-refractivity contribution in [3.05, 3.63) is 33.8 Å². The Bertz CT molecular complexity index is 649. The predicted molar refractivity (Wildman–Crippen MR) is 79.3 cm³/mol. The Kier molecular flexibility index (Phi) is 2.47. The van der Waals surface area contributed by atoms with E-state index in [0.29, 0.717) is 0 Å². The minimum atomic E-state index is 0.280. The zero-order valence-electron chi connectivity index (χ0n) is 10.5. The molecule has 98 valence electrons. The van der Waals surface area contributed by atoms with Gasteiger partial charge in [-0.25, -0.2) is 0 Å². The van der Waals surface area contributed by atoms with Gasteiger partial charge in [-0.05, 0) is 18.1 Å². The van der Waals surface area contributed by atoms with Crippen LogP contribution in [-0.2, 0) is 6.42 Å². The first kappa shape index (κ1) is 11.5. The molecule has 1 aromatic heterocycles. The first-order valence-electron chi connectivity index (χ1n) is 6.59. The summed E-state index contributed by atoms with van der Waals surface area (Å²) in [5.41, 5.74) is 11.1. The molecular weight excluding hydrogens is 304 g/mol. The molecule has 2 aromatic rings. The first-order valence-corrected chi connectivity index (χ1v) is 7.39. The van der Waals surface area contributed by atoms with E-state index in [0.717, 1.165) is 31.7 Å². The van der Waals surface area contributed by atoms with E-state index in [9.17, 15) is 0 Å². The van der Waals surface area contributed by atoms with Crippen LogP contribution < -0.4 is 10.6 Å². The number of nitrogens with zero attached hydrogens (tertiary/aromatic N) is 2. The molecule has 1 atom stereocenters. The second-order valence-corrected chi connectivity index (χ2v) is 6.19. The van der Waals surface area contributed by atoms with Gasteiger partial charge >= 0.3 is 0 Å². The van der Waals surface area contributed by atoms with Gasteiger partial charge in [0.2, 0.25) is 0 Å². The van der Waals surface area contributed by atoms with Crippen molar-refractivity contribution in [2.75, 3.05) is 18.0 Å². The fourth-order valence-corrected chi connectivity index (χ4v) is 3.64. The third kappa shape index (κ3) is 1.65. The van der Waals surface area contributed by atoms with Crippen molar-refractivity contribution in [3.8, 4) is 11.3 Å². The predicted octanol–water partition coefficient (Wildman–Crippen LogP) is 2.28. The van der Waals surface area contributed by atoms with E-state index in [2.05, 4.69) is 49.2 Å². The van der Waals surface area contributed by atoms with Crippen molar-refractivity contribution in [1.29, 1.82) is 0 Å². The molecule has 1 unspecified atom stereocenters. The van der Waals surface area contributed by atoms with E-state index >= 15 is 0 Å². The molecule has 4 nitrogen and oxygen atoms in total. The normalized spacial score (nSPS) is 20.7. The second kappa shape index (κ2) is 4.08. The Morgan fingerprint density at radius 1 is 1.37 bits per heavy atom. The van der Waals surface area contributed by atoms with Crippen LogP contribution in [0.25, 0.3) is 11.3 Å². The van der Waals surface area contributed by atoms with Gasteiger partial charge in [0.05, 0.1) is 5.69 Å². The standard InChI is InChI=1S/C14H15BrN4/c15-12-3-1-2-9-10(12)6-11-13(9)17-18-14(11)19-5-4-8(16)7-19/h1-3,8H,4-7,16H2,(H,17,18). The number of hydrogen-bond acceptors (Lipinski definition) is 3. The number of aromatic nitrogens is 2. The molecule has 5 heteroatoms. The molecule has 0 bridgehead atoms. The van der Waals surface area contributed by atoms with Crippen LogP contribution in [0.3, 0.4) is 0 Å². The van der Waals surface area contributed by atoms with Crippen LogP contribution in [0.15, 0.2) is 22.7 Å². The topological polar surface area (TPSA) is 57.9 Å². The van der Waals surface area contributed by atoms with Gasteiger partial charge in [0.1, 0.15) is 0 Å². The zero-order valence-corrected chi connectivity index (χ0v) is 12.1. The number of halogens is 1. The van der Waals surface area contributed by atoms with E-state index in [-0.39, 0.29) is 6.04 Å². The van der Waals surface area contributed by atoms with Gasteiger partial charge in [0, 0.05) is 41.2 Å². The molecule has 1 aliphatic carbocycles. The highest BCUT2D eigenvalue weighted by Crippen LogP contribution is 2.42. The number of rotatable bonds is 1. The molecule has 19 heavy (non-hydrogen) atoms. The Hall–Kier alpha value is -1.33. The fourth-order valence-electron chi connectivity index (χ4n) is 3.14. The number of aromatic amines is 1. The van der Waals surface area contributed by atoms with E-state index < -0.39 is 0 Å². The van der Waals surface area contributed by atoms with Crippen molar-refractivity contribution in [1.82, 2.24) is 10.2 Å². The summed E-state index contributed by atoms with van der Waals surface area (Å²) in [6.45, 7) is 1.92. The van der Waals surface area contributed by atoms with E-state index in [1.165, 1.54) is 26.9 Å². The number of nitrogens with one attached hydrogen (secondary N) is 1. The van der Waals surface area contributed by atoms with Crippen LogP contribution in [0, 0.1) is 0 Å². The van der Waals surface area contributed by atoms with Crippen LogP contribution in [-0.4, -0.2) is 29.3 Å². The second-order valence-electron chi connectivity index (χ2n) is 5.34. The van der Waals surface area contributed by atoms with Crippen molar-refractivity contribution in [2.24, 2.45) is 5.73 Å². The van der Waals surface area contributed by atoms with Gasteiger partial charge < -0.3 is 10.6 Å². The number of anilines is 1. The first-order chi connectivity index (χ1) is 9.24. The summed E-state index contributed by atoms with van der Waals surface area (Å²) in [5.74, 6) is 1.09. The van der Waals surface area contributed by atoms with Gasteiger partial charge in [0.25, 0.3) is 0 Å². The average Bonchev–Trinajstić information content (AvgIpc) is 3.04. The largest absolute Gasteiger partial charge is 0.353 e. The minimum Gasteiger partial charge on any atom is -0.353 e. The van der Waals surface area contributed by atoms with Crippen molar-refractivity contribution in [3.63, 3.8) is 0 Å². The number of benzene rings is 1. The monoisotopic (exact) mass is 318 g/mol. The van der Waals surface area contributed by atoms with Gasteiger partial charge in [-0.15, -0.1) is 0 Å². The van der Waals surface area contributed by atoms with Gasteiger partial charge in [0.15, 0.2) is 5.82 Å². The smallest absolute Gasteiger partial charge is 0.154 e. The minimum absolute atomic E-state index is 0.280. The molecule has 1 saturated heterocycles. The molecule has 2 heterocycles. The summed E-state index contributed by atoms with van der Waals surface area (Å²) >= 11 is 3.64. The molecule has 3 N–H and O–H groups in total. The molecule has 0 saturated carbocycles. The molecule has 0 spiro atoms. The average molecular weight is 319 g/mol. The van der Waals surface area contributed by atoms with E-state index in [1.807, 2.05) is 0 Å². The molecule has 2 aliphatic rings. The highest BCUT2D eigenvalue weighted by Gasteiger charge is 2.30. The highest BCUT2D eigenvalue weighted by molar-refractivity contribution is 9.10. The van der Waals surface area contributed by atoms with Crippen LogP contribution >= 0.6 is 15.9 Å². The number of nitrogens with two attached hydrogens (primary N) is 1. The summed E-state index contributed by atoms with van der Waals surface area (Å²) in [5, 5.41) is 7.72. The Labute approximate surface area is 120 Å². The van der Waals surface area contributed by atoms with Crippen LogP contribution in [0.2, 0.25) is 0 Å². The maximum absolute atomic E-state index is 6.00.